The molecule has 1 amide bonds. The van der Waals surface area contributed by atoms with Crippen LogP contribution in [0, 0.1) is 5.92 Å². The van der Waals surface area contributed by atoms with Gasteiger partial charge in [0, 0.05) is 17.8 Å². The highest BCUT2D eigenvalue weighted by Crippen LogP contribution is 2.46. The van der Waals surface area contributed by atoms with Crippen molar-refractivity contribution < 1.29 is 9.90 Å². The van der Waals surface area contributed by atoms with Crippen LogP contribution in [0.15, 0.2) is 42.5 Å². The normalized spacial score (nSPS) is 23.7. The second-order valence-electron chi connectivity index (χ2n) is 8.43. The van der Waals surface area contributed by atoms with Crippen LogP contribution in [-0.4, -0.2) is 35.5 Å². The number of amides is 1. The number of carbonyl (C=O) groups excluding carboxylic acids is 1. The first kappa shape index (κ1) is 16.8. The van der Waals surface area contributed by atoms with E-state index in [1.165, 1.54) is 31.2 Å². The molecule has 140 valence electrons. The molecule has 2 aromatic carbocycles. The van der Waals surface area contributed by atoms with E-state index in [4.69, 9.17) is 0 Å². The van der Waals surface area contributed by atoms with E-state index in [-0.39, 0.29) is 17.6 Å². The lowest BCUT2D eigenvalue weighted by Gasteiger charge is -2.41. The van der Waals surface area contributed by atoms with Crippen LogP contribution in [0.1, 0.15) is 36.0 Å². The van der Waals surface area contributed by atoms with Crippen LogP contribution in [-0.2, 0) is 23.1 Å². The molecule has 3 aliphatic rings. The topological polar surface area (TPSA) is 52.6 Å². The summed E-state index contributed by atoms with van der Waals surface area (Å²) in [5, 5.41) is 13.1. The molecular weight excluding hydrogens is 336 g/mol. The average Bonchev–Trinajstić information content (AvgIpc) is 3.04. The molecule has 5 rings (SSSR count). The lowest BCUT2D eigenvalue weighted by atomic mass is 9.73. The van der Waals surface area contributed by atoms with Crippen LogP contribution in [0.3, 0.4) is 0 Å². The Hall–Kier alpha value is -2.33. The zero-order valence-electron chi connectivity index (χ0n) is 15.6. The van der Waals surface area contributed by atoms with Crippen molar-refractivity contribution in [3.63, 3.8) is 0 Å². The summed E-state index contributed by atoms with van der Waals surface area (Å²) >= 11 is 0. The van der Waals surface area contributed by atoms with Crippen molar-refractivity contribution in [3.05, 3.63) is 59.2 Å². The van der Waals surface area contributed by atoms with Crippen molar-refractivity contribution in [2.75, 3.05) is 25.0 Å². The third kappa shape index (κ3) is 2.83. The van der Waals surface area contributed by atoms with Crippen LogP contribution in [0.25, 0.3) is 0 Å². The molecule has 0 bridgehead atoms. The van der Waals surface area contributed by atoms with E-state index in [1.807, 2.05) is 6.07 Å². The number of carbonyl (C=O) groups is 1. The third-order valence-corrected chi connectivity index (χ3v) is 6.98. The van der Waals surface area contributed by atoms with Crippen LogP contribution in [0.4, 0.5) is 5.69 Å². The minimum absolute atomic E-state index is 0.0830. The number of nitrogens with zero attached hydrogens (tertiary/aromatic N) is 1. The summed E-state index contributed by atoms with van der Waals surface area (Å²) in [6.45, 7) is 2.87. The molecule has 1 atom stereocenters. The second-order valence-corrected chi connectivity index (χ2v) is 8.43. The number of benzene rings is 2. The Bertz CT molecular complexity index is 884. The fraction of sp³-hybridized carbons (Fsp3) is 0.435. The molecule has 0 aromatic heterocycles. The molecule has 2 aliphatic heterocycles. The van der Waals surface area contributed by atoms with Gasteiger partial charge in [-0.25, -0.2) is 0 Å². The first-order chi connectivity index (χ1) is 13.1. The molecule has 1 saturated heterocycles. The van der Waals surface area contributed by atoms with Crippen molar-refractivity contribution in [2.45, 2.75) is 37.5 Å². The van der Waals surface area contributed by atoms with Crippen molar-refractivity contribution in [2.24, 2.45) is 5.92 Å². The average molecular weight is 362 g/mol. The Labute approximate surface area is 160 Å². The zero-order chi connectivity index (χ0) is 18.4. The predicted molar refractivity (Wildman–Crippen MR) is 106 cm³/mol. The van der Waals surface area contributed by atoms with Gasteiger partial charge in [0.2, 0.25) is 5.91 Å². The molecule has 1 aliphatic carbocycles. The van der Waals surface area contributed by atoms with Crippen molar-refractivity contribution >= 4 is 11.6 Å². The number of hydrogen-bond acceptors (Lipinski definition) is 3. The number of aryl methyl sites for hydroxylation is 1. The zero-order valence-corrected chi connectivity index (χ0v) is 15.6. The third-order valence-electron chi connectivity index (χ3n) is 6.98. The highest BCUT2D eigenvalue weighted by atomic mass is 16.3. The fourth-order valence-corrected chi connectivity index (χ4v) is 5.39. The number of rotatable bonds is 2. The van der Waals surface area contributed by atoms with Crippen LogP contribution in [0.5, 0.6) is 5.75 Å². The van der Waals surface area contributed by atoms with E-state index in [1.54, 1.807) is 17.7 Å². The van der Waals surface area contributed by atoms with Crippen LogP contribution < -0.4 is 5.32 Å². The van der Waals surface area contributed by atoms with E-state index < -0.39 is 0 Å². The summed E-state index contributed by atoms with van der Waals surface area (Å²) in [4.78, 5) is 15.0. The number of aromatic hydroxyl groups is 1. The maximum Gasteiger partial charge on any atom is 0.229 e. The molecule has 4 nitrogen and oxygen atoms in total. The van der Waals surface area contributed by atoms with Crippen molar-refractivity contribution in [1.82, 2.24) is 4.90 Å². The second kappa shape index (κ2) is 6.38. The Kier molecular flexibility index (Phi) is 3.97. The molecule has 2 heterocycles. The van der Waals surface area contributed by atoms with Gasteiger partial charge in [-0.15, -0.1) is 0 Å². The summed E-state index contributed by atoms with van der Waals surface area (Å²) < 4.78 is 0. The van der Waals surface area contributed by atoms with E-state index in [2.05, 4.69) is 34.5 Å². The van der Waals surface area contributed by atoms with Gasteiger partial charge in [0.25, 0.3) is 0 Å². The van der Waals surface area contributed by atoms with Gasteiger partial charge >= 0.3 is 0 Å². The van der Waals surface area contributed by atoms with Gasteiger partial charge in [0.1, 0.15) is 5.75 Å². The quantitative estimate of drug-likeness (QED) is 0.860. The summed E-state index contributed by atoms with van der Waals surface area (Å²) in [7, 11) is 0. The van der Waals surface area contributed by atoms with Gasteiger partial charge < -0.3 is 15.3 Å². The molecule has 2 N–H and O–H groups in total. The van der Waals surface area contributed by atoms with E-state index >= 15 is 0 Å². The predicted octanol–water partition coefficient (Wildman–Crippen LogP) is 3.48. The SMILES string of the molecule is O=C1Nc2cccc(O)c2CC1CN1CCC2(CCc3ccccc32)CC1. The molecule has 4 heteroatoms. The minimum Gasteiger partial charge on any atom is -0.508 e. The largest absolute Gasteiger partial charge is 0.508 e. The minimum atomic E-state index is -0.0873. The first-order valence-corrected chi connectivity index (χ1v) is 10.1. The van der Waals surface area contributed by atoms with Crippen molar-refractivity contribution in [3.8, 4) is 5.75 Å². The Morgan fingerprint density at radius 1 is 1.07 bits per heavy atom. The number of likely N-dealkylation sites (tertiary alicyclic amines) is 1. The molecular formula is C23H26N2O2. The first-order valence-electron chi connectivity index (χ1n) is 10.1. The monoisotopic (exact) mass is 362 g/mol. The van der Waals surface area contributed by atoms with Gasteiger partial charge in [-0.05, 0) is 73.9 Å². The van der Waals surface area contributed by atoms with Gasteiger partial charge in [-0.2, -0.15) is 0 Å². The van der Waals surface area contributed by atoms with Gasteiger partial charge in [-0.1, -0.05) is 30.3 Å². The Morgan fingerprint density at radius 2 is 1.89 bits per heavy atom. The summed E-state index contributed by atoms with van der Waals surface area (Å²) in [6.07, 6.45) is 5.46. The molecule has 1 spiro atoms. The standard InChI is InChI=1S/C23H26N2O2/c26-21-7-3-6-20-18(21)14-17(22(27)24-20)15-25-12-10-23(11-13-25)9-8-16-4-1-2-5-19(16)23/h1-7,17,26H,8-15H2,(H,24,27). The maximum absolute atomic E-state index is 12.5. The van der Waals surface area contributed by atoms with E-state index in [0.717, 1.165) is 30.9 Å². The molecule has 0 saturated carbocycles. The Balaban J connectivity index is 1.27. The fourth-order valence-electron chi connectivity index (χ4n) is 5.39. The van der Waals surface area contributed by atoms with Crippen molar-refractivity contribution in [1.29, 1.82) is 0 Å². The van der Waals surface area contributed by atoms with Crippen LogP contribution in [0.2, 0.25) is 0 Å². The molecule has 27 heavy (non-hydrogen) atoms. The summed E-state index contributed by atoms with van der Waals surface area (Å²) in [5.41, 5.74) is 5.09. The number of hydrogen-bond donors (Lipinski definition) is 2. The number of anilines is 1. The lowest BCUT2D eigenvalue weighted by molar-refractivity contribution is -0.121. The summed E-state index contributed by atoms with van der Waals surface area (Å²) in [5.74, 6) is 0.285. The van der Waals surface area contributed by atoms with Gasteiger partial charge in [0.05, 0.1) is 5.92 Å². The van der Waals surface area contributed by atoms with Gasteiger partial charge in [-0.3, -0.25) is 4.79 Å². The number of piperidine rings is 1. The number of nitrogens with one attached hydrogen (secondary N) is 1. The number of phenols is 1. The van der Waals surface area contributed by atoms with E-state index in [9.17, 15) is 9.90 Å². The summed E-state index contributed by atoms with van der Waals surface area (Å²) in [6, 6.07) is 14.3. The number of fused-ring (bicyclic) bond motifs is 3. The Morgan fingerprint density at radius 3 is 2.74 bits per heavy atom. The highest BCUT2D eigenvalue weighted by Gasteiger charge is 2.41. The maximum atomic E-state index is 12.5. The van der Waals surface area contributed by atoms with E-state index in [0.29, 0.717) is 11.8 Å². The molecule has 2 aromatic rings. The van der Waals surface area contributed by atoms with Gasteiger partial charge in [0.15, 0.2) is 0 Å². The van der Waals surface area contributed by atoms with Crippen LogP contribution >= 0.6 is 0 Å². The number of phenolic OH excluding ortho intramolecular Hbond substituents is 1. The highest BCUT2D eigenvalue weighted by molar-refractivity contribution is 5.96. The molecule has 1 fully saturated rings. The molecule has 0 radical (unpaired) electrons. The smallest absolute Gasteiger partial charge is 0.229 e. The lowest BCUT2D eigenvalue weighted by Crippen LogP contribution is -2.46. The molecule has 1 unspecified atom stereocenters.